The van der Waals surface area contributed by atoms with Crippen LogP contribution in [0, 0.1) is 5.82 Å². The molecule has 1 aliphatic heterocycles. The molecule has 0 aliphatic carbocycles. The number of nitrogens with one attached hydrogen (secondary N) is 1. The van der Waals surface area contributed by atoms with Gasteiger partial charge >= 0.3 is 6.03 Å². The molecule has 0 unspecified atom stereocenters. The Morgan fingerprint density at radius 2 is 1.83 bits per heavy atom. The van der Waals surface area contributed by atoms with Gasteiger partial charge in [-0.2, -0.15) is 0 Å². The fourth-order valence-electron chi connectivity index (χ4n) is 4.61. The summed E-state index contributed by atoms with van der Waals surface area (Å²) in [7, 11) is 0. The number of thiophene rings is 1. The number of piperazine rings is 1. The molecule has 3 amide bonds. The highest BCUT2D eigenvalue weighted by Gasteiger charge is 2.31. The number of aromatic nitrogens is 1. The average molecular weight is 491 g/mol. The lowest BCUT2D eigenvalue weighted by Gasteiger charge is -2.39. The summed E-state index contributed by atoms with van der Waals surface area (Å²) in [6, 6.07) is 19.9. The van der Waals surface area contributed by atoms with Crippen molar-refractivity contribution in [2.75, 3.05) is 19.6 Å². The van der Waals surface area contributed by atoms with Crippen LogP contribution < -0.4 is 5.32 Å². The topological polar surface area (TPSA) is 57.6 Å². The van der Waals surface area contributed by atoms with Crippen LogP contribution in [0.25, 0.3) is 10.2 Å². The third-order valence-electron chi connectivity index (χ3n) is 6.41. The Hall–Kier alpha value is -3.65. The number of rotatable bonds is 5. The first-order valence-corrected chi connectivity index (χ1v) is 12.6. The molecule has 2 aromatic heterocycles. The second-order valence-electron chi connectivity index (χ2n) is 8.86. The fraction of sp³-hybridized carbons (Fsp3) is 0.259. The maximum atomic E-state index is 13.8. The minimum Gasteiger partial charge on any atom is -0.334 e. The molecule has 4 aromatic rings. The number of fused-ring (bicyclic) bond motifs is 1. The number of nitrogens with zero attached hydrogens (tertiary/aromatic N) is 3. The minimum absolute atomic E-state index is 0.0685. The molecule has 1 N–H and O–H groups in total. The van der Waals surface area contributed by atoms with Gasteiger partial charge in [-0.15, -0.1) is 11.3 Å². The van der Waals surface area contributed by atoms with Crippen LogP contribution in [-0.4, -0.2) is 52.0 Å². The lowest BCUT2D eigenvalue weighted by atomic mass is 10.1. The number of amides is 3. The second-order valence-corrected chi connectivity index (χ2v) is 9.76. The van der Waals surface area contributed by atoms with Crippen molar-refractivity contribution < 1.29 is 14.0 Å². The van der Waals surface area contributed by atoms with E-state index in [0.29, 0.717) is 38.4 Å². The van der Waals surface area contributed by atoms with Gasteiger partial charge in [0.05, 0.1) is 0 Å². The van der Waals surface area contributed by atoms with Gasteiger partial charge in [0.1, 0.15) is 16.3 Å². The van der Waals surface area contributed by atoms with Gasteiger partial charge in [0.2, 0.25) is 0 Å². The van der Waals surface area contributed by atoms with Crippen molar-refractivity contribution in [1.29, 1.82) is 0 Å². The molecule has 8 heteroatoms. The number of urea groups is 1. The molecule has 6 nitrogen and oxygen atoms in total. The van der Waals surface area contributed by atoms with Gasteiger partial charge in [0.15, 0.2) is 0 Å². The van der Waals surface area contributed by atoms with Crippen LogP contribution in [0.1, 0.15) is 28.5 Å². The smallest absolute Gasteiger partial charge is 0.318 e. The molecule has 0 saturated carbocycles. The van der Waals surface area contributed by atoms with E-state index in [1.54, 1.807) is 22.3 Å². The third kappa shape index (κ3) is 4.93. The van der Waals surface area contributed by atoms with Crippen LogP contribution in [0.3, 0.4) is 0 Å². The molecule has 3 heterocycles. The number of hydrogen-bond donors (Lipinski definition) is 1. The fourth-order valence-corrected chi connectivity index (χ4v) is 5.50. The maximum absolute atomic E-state index is 13.8. The number of hydrogen-bond acceptors (Lipinski definition) is 3. The number of benzene rings is 2. The summed E-state index contributed by atoms with van der Waals surface area (Å²) in [5.74, 6) is -0.360. The van der Waals surface area contributed by atoms with Gasteiger partial charge in [0, 0.05) is 44.2 Å². The SMILES string of the molecule is C[C@@H]1CN(C(=O)c2cc3ccsc3n2Cc2cccc(F)c2)CCN1C(=O)NCc1ccccc1. The van der Waals surface area contributed by atoms with Gasteiger partial charge in [-0.25, -0.2) is 9.18 Å². The van der Waals surface area contributed by atoms with Crippen LogP contribution >= 0.6 is 11.3 Å². The standard InChI is InChI=1S/C27H27FN4O2S/c1-19-17-30(11-12-31(19)27(34)29-16-20-6-3-2-4-7-20)25(33)24-15-22-10-13-35-26(22)32(24)18-21-8-5-9-23(28)14-21/h2-10,13-15,19H,11-12,16-18H2,1H3,(H,29,34)/t19-/m1/s1. The highest BCUT2D eigenvalue weighted by atomic mass is 32.1. The minimum atomic E-state index is -0.291. The van der Waals surface area contributed by atoms with Crippen molar-refractivity contribution in [2.24, 2.45) is 0 Å². The van der Waals surface area contributed by atoms with Crippen molar-refractivity contribution in [3.8, 4) is 0 Å². The third-order valence-corrected chi connectivity index (χ3v) is 7.36. The summed E-state index contributed by atoms with van der Waals surface area (Å²) in [4.78, 5) is 31.0. The Morgan fingerprint density at radius 3 is 2.60 bits per heavy atom. The average Bonchev–Trinajstić information content (AvgIpc) is 3.45. The summed E-state index contributed by atoms with van der Waals surface area (Å²) in [6.07, 6.45) is 0. The molecular formula is C27H27FN4O2S. The Bertz CT molecular complexity index is 1350. The van der Waals surface area contributed by atoms with Crippen LogP contribution in [0.15, 0.2) is 72.1 Å². The first-order valence-electron chi connectivity index (χ1n) is 11.7. The van der Waals surface area contributed by atoms with E-state index in [0.717, 1.165) is 21.3 Å². The molecule has 0 spiro atoms. The number of carbonyl (C=O) groups excluding carboxylic acids is 2. The molecule has 0 radical (unpaired) electrons. The van der Waals surface area contributed by atoms with Crippen molar-refractivity contribution in [2.45, 2.75) is 26.1 Å². The second kappa shape index (κ2) is 9.92. The zero-order valence-corrected chi connectivity index (χ0v) is 20.3. The Kier molecular flexibility index (Phi) is 6.55. The molecule has 0 bridgehead atoms. The van der Waals surface area contributed by atoms with Crippen molar-refractivity contribution in [3.05, 3.63) is 94.7 Å². The highest BCUT2D eigenvalue weighted by molar-refractivity contribution is 7.16. The van der Waals surface area contributed by atoms with Crippen molar-refractivity contribution in [1.82, 2.24) is 19.7 Å². The zero-order chi connectivity index (χ0) is 24.4. The van der Waals surface area contributed by atoms with Gasteiger partial charge in [-0.1, -0.05) is 42.5 Å². The van der Waals surface area contributed by atoms with Crippen molar-refractivity contribution >= 4 is 33.5 Å². The van der Waals surface area contributed by atoms with E-state index in [1.165, 1.54) is 12.1 Å². The highest BCUT2D eigenvalue weighted by Crippen LogP contribution is 2.28. The molecule has 1 fully saturated rings. The molecule has 5 rings (SSSR count). The lowest BCUT2D eigenvalue weighted by Crippen LogP contribution is -2.57. The summed E-state index contributed by atoms with van der Waals surface area (Å²) >= 11 is 1.57. The van der Waals surface area contributed by atoms with Gasteiger partial charge < -0.3 is 19.7 Å². The van der Waals surface area contributed by atoms with E-state index >= 15 is 0 Å². The summed E-state index contributed by atoms with van der Waals surface area (Å²) in [5, 5.41) is 5.98. The summed E-state index contributed by atoms with van der Waals surface area (Å²) in [5.41, 5.74) is 2.44. The van der Waals surface area contributed by atoms with Crippen LogP contribution in [-0.2, 0) is 13.1 Å². The van der Waals surface area contributed by atoms with Crippen LogP contribution in [0.5, 0.6) is 0 Å². The summed E-state index contributed by atoms with van der Waals surface area (Å²) in [6.45, 7) is 4.23. The number of carbonyl (C=O) groups is 2. The predicted molar refractivity (Wildman–Crippen MR) is 136 cm³/mol. The van der Waals surface area contributed by atoms with Crippen LogP contribution in [0.2, 0.25) is 0 Å². The molecule has 2 aromatic carbocycles. The first kappa shape index (κ1) is 23.1. The quantitative estimate of drug-likeness (QED) is 0.431. The Labute approximate surface area is 207 Å². The largest absolute Gasteiger partial charge is 0.334 e. The molecule has 1 saturated heterocycles. The van der Waals surface area contributed by atoms with Crippen LogP contribution in [0.4, 0.5) is 9.18 Å². The molecule has 180 valence electrons. The lowest BCUT2D eigenvalue weighted by molar-refractivity contribution is 0.0570. The van der Waals surface area contributed by atoms with E-state index in [1.807, 2.05) is 70.3 Å². The van der Waals surface area contributed by atoms with E-state index in [4.69, 9.17) is 0 Å². The first-order chi connectivity index (χ1) is 17.0. The normalized spacial score (nSPS) is 16.0. The Morgan fingerprint density at radius 1 is 1.03 bits per heavy atom. The summed E-state index contributed by atoms with van der Waals surface area (Å²) < 4.78 is 15.7. The molecule has 35 heavy (non-hydrogen) atoms. The van der Waals surface area contributed by atoms with E-state index in [2.05, 4.69) is 5.32 Å². The van der Waals surface area contributed by atoms with Gasteiger partial charge in [-0.3, -0.25) is 4.79 Å². The van der Waals surface area contributed by atoms with Gasteiger partial charge in [-0.05, 0) is 47.7 Å². The Balaban J connectivity index is 1.28. The van der Waals surface area contributed by atoms with Gasteiger partial charge in [0.25, 0.3) is 5.91 Å². The molecule has 1 atom stereocenters. The zero-order valence-electron chi connectivity index (χ0n) is 19.5. The molecular weight excluding hydrogens is 463 g/mol. The van der Waals surface area contributed by atoms with E-state index in [9.17, 15) is 14.0 Å². The van der Waals surface area contributed by atoms with E-state index in [-0.39, 0.29) is 23.8 Å². The van der Waals surface area contributed by atoms with E-state index < -0.39 is 0 Å². The predicted octanol–water partition coefficient (Wildman–Crippen LogP) is 4.95. The number of halogens is 1. The van der Waals surface area contributed by atoms with Crippen molar-refractivity contribution in [3.63, 3.8) is 0 Å². The monoisotopic (exact) mass is 490 g/mol. The molecule has 1 aliphatic rings. The maximum Gasteiger partial charge on any atom is 0.318 e.